The summed E-state index contributed by atoms with van der Waals surface area (Å²) in [6, 6.07) is 15.6. The van der Waals surface area contributed by atoms with Crippen LogP contribution in [0.4, 0.5) is 0 Å². The van der Waals surface area contributed by atoms with Crippen LogP contribution in [-0.4, -0.2) is 26.5 Å². The molecule has 0 aliphatic heterocycles. The highest BCUT2D eigenvalue weighted by Crippen LogP contribution is 2.33. The molecule has 0 aliphatic rings. The molecule has 2 aromatic rings. The van der Waals surface area contributed by atoms with Crippen molar-refractivity contribution < 1.29 is 19.0 Å². The van der Waals surface area contributed by atoms with Crippen LogP contribution in [0.2, 0.25) is 0 Å². The number of ether oxygens (including phenoxy) is 3. The van der Waals surface area contributed by atoms with Crippen LogP contribution < -0.4 is 4.74 Å². The summed E-state index contributed by atoms with van der Waals surface area (Å²) in [7, 11) is 1.58. The summed E-state index contributed by atoms with van der Waals surface area (Å²) in [6.45, 7) is 6.35. The van der Waals surface area contributed by atoms with Crippen molar-refractivity contribution in [1.29, 1.82) is 0 Å². The lowest BCUT2D eigenvalue weighted by Crippen LogP contribution is -2.10. The minimum Gasteiger partial charge on any atom is -0.468 e. The van der Waals surface area contributed by atoms with Crippen molar-refractivity contribution in [2.75, 3.05) is 20.5 Å². The molecule has 0 saturated heterocycles. The van der Waals surface area contributed by atoms with Gasteiger partial charge < -0.3 is 14.2 Å². The number of aryl methyl sites for hydroxylation is 1. The number of benzene rings is 2. The van der Waals surface area contributed by atoms with Crippen molar-refractivity contribution in [3.63, 3.8) is 0 Å². The van der Waals surface area contributed by atoms with Gasteiger partial charge in [0.1, 0.15) is 5.75 Å². The molecular weight excluding hydrogens is 328 g/mol. The average Bonchev–Trinajstić information content (AvgIpc) is 2.66. The molecule has 138 valence electrons. The van der Waals surface area contributed by atoms with E-state index in [0.717, 1.165) is 28.7 Å². The molecule has 0 fully saturated rings. The van der Waals surface area contributed by atoms with E-state index in [0.29, 0.717) is 17.9 Å². The molecule has 0 aliphatic carbocycles. The first kappa shape index (κ1) is 19.7. The maximum absolute atomic E-state index is 12.8. The molecule has 0 unspecified atom stereocenters. The number of carbonyl (C=O) groups is 1. The molecule has 0 bridgehead atoms. The summed E-state index contributed by atoms with van der Waals surface area (Å²) in [5, 5.41) is 0. The van der Waals surface area contributed by atoms with Gasteiger partial charge in [-0.2, -0.15) is 0 Å². The average molecular weight is 354 g/mol. The Morgan fingerprint density at radius 1 is 1.04 bits per heavy atom. The summed E-state index contributed by atoms with van der Waals surface area (Å²) in [5.74, 6) is 0.399. The Hall–Kier alpha value is -2.59. The molecule has 4 heteroatoms. The van der Waals surface area contributed by atoms with Crippen molar-refractivity contribution in [3.05, 3.63) is 65.2 Å². The molecule has 2 aromatic carbocycles. The molecule has 0 aromatic heterocycles. The molecule has 0 radical (unpaired) electrons. The van der Waals surface area contributed by atoms with Gasteiger partial charge >= 0.3 is 5.97 Å². The normalized spacial score (nSPS) is 11.7. The lowest BCUT2D eigenvalue weighted by atomic mass is 9.90. The van der Waals surface area contributed by atoms with Gasteiger partial charge in [-0.15, -0.1) is 0 Å². The van der Waals surface area contributed by atoms with E-state index in [1.807, 2.05) is 69.3 Å². The van der Waals surface area contributed by atoms with E-state index in [4.69, 9.17) is 14.2 Å². The zero-order valence-electron chi connectivity index (χ0n) is 15.9. The topological polar surface area (TPSA) is 44.8 Å². The fourth-order valence-electron chi connectivity index (χ4n) is 2.90. The standard InChI is InChI=1S/C22H26O4/c1-5-19(17-10-8-7-9-11-17)21(22(23)25-6-2)20-13-12-18(14-16(20)3)26-15-24-4/h7-14H,5-6,15H2,1-4H3. The van der Waals surface area contributed by atoms with E-state index in [1.54, 1.807) is 7.11 Å². The fraction of sp³-hybridized carbons (Fsp3) is 0.318. The molecule has 0 spiro atoms. The van der Waals surface area contributed by atoms with E-state index < -0.39 is 0 Å². The Morgan fingerprint density at radius 3 is 2.35 bits per heavy atom. The van der Waals surface area contributed by atoms with Gasteiger partial charge in [-0.1, -0.05) is 43.3 Å². The van der Waals surface area contributed by atoms with Crippen LogP contribution in [0.25, 0.3) is 11.1 Å². The van der Waals surface area contributed by atoms with Crippen LogP contribution in [0.5, 0.6) is 5.75 Å². The molecule has 2 rings (SSSR count). The number of methoxy groups -OCH3 is 1. The quantitative estimate of drug-likeness (QED) is 0.294. The van der Waals surface area contributed by atoms with Crippen molar-refractivity contribution in [2.45, 2.75) is 27.2 Å². The second-order valence-corrected chi connectivity index (χ2v) is 5.82. The number of hydrogen-bond donors (Lipinski definition) is 0. The van der Waals surface area contributed by atoms with Crippen LogP contribution in [0.15, 0.2) is 48.5 Å². The number of allylic oxidation sites excluding steroid dienone is 1. The van der Waals surface area contributed by atoms with E-state index >= 15 is 0 Å². The lowest BCUT2D eigenvalue weighted by Gasteiger charge is -2.17. The van der Waals surface area contributed by atoms with Crippen LogP contribution in [0, 0.1) is 6.92 Å². The SMILES string of the molecule is CCOC(=O)C(=C(CC)c1ccccc1)c1ccc(OCOC)cc1C. The highest BCUT2D eigenvalue weighted by atomic mass is 16.7. The first-order valence-corrected chi connectivity index (χ1v) is 8.80. The predicted octanol–water partition coefficient (Wildman–Crippen LogP) is 4.86. The van der Waals surface area contributed by atoms with Crippen LogP contribution >= 0.6 is 0 Å². The van der Waals surface area contributed by atoms with Gasteiger partial charge in [-0.3, -0.25) is 0 Å². The van der Waals surface area contributed by atoms with Gasteiger partial charge in [0.2, 0.25) is 0 Å². The zero-order valence-corrected chi connectivity index (χ0v) is 15.9. The van der Waals surface area contributed by atoms with Crippen molar-refractivity contribution in [3.8, 4) is 5.75 Å². The monoisotopic (exact) mass is 354 g/mol. The summed E-state index contributed by atoms with van der Waals surface area (Å²) in [5.41, 5.74) is 4.41. The zero-order chi connectivity index (χ0) is 18.9. The minimum atomic E-state index is -0.304. The molecule has 4 nitrogen and oxygen atoms in total. The van der Waals surface area contributed by atoms with Gasteiger partial charge in [0.05, 0.1) is 12.2 Å². The number of hydrogen-bond acceptors (Lipinski definition) is 4. The van der Waals surface area contributed by atoms with Gasteiger partial charge in [-0.05, 0) is 54.7 Å². The van der Waals surface area contributed by atoms with Gasteiger partial charge in [0, 0.05) is 7.11 Å². The Morgan fingerprint density at radius 2 is 1.77 bits per heavy atom. The molecule has 0 atom stereocenters. The minimum absolute atomic E-state index is 0.184. The summed E-state index contributed by atoms with van der Waals surface area (Å²) < 4.78 is 15.8. The third-order valence-corrected chi connectivity index (χ3v) is 4.07. The Labute approximate surface area is 155 Å². The van der Waals surface area contributed by atoms with Gasteiger partial charge in [-0.25, -0.2) is 4.79 Å². The van der Waals surface area contributed by atoms with Gasteiger partial charge in [0.15, 0.2) is 6.79 Å². The highest BCUT2D eigenvalue weighted by molar-refractivity contribution is 6.25. The molecule has 0 amide bonds. The molecule has 26 heavy (non-hydrogen) atoms. The third kappa shape index (κ3) is 4.73. The predicted molar refractivity (Wildman–Crippen MR) is 104 cm³/mol. The number of carbonyl (C=O) groups excluding carboxylic acids is 1. The summed E-state index contributed by atoms with van der Waals surface area (Å²) >= 11 is 0. The first-order valence-electron chi connectivity index (χ1n) is 8.80. The molecule has 0 saturated carbocycles. The number of esters is 1. The summed E-state index contributed by atoms with van der Waals surface area (Å²) in [6.07, 6.45) is 0.722. The number of rotatable bonds is 8. The van der Waals surface area contributed by atoms with Crippen molar-refractivity contribution in [2.24, 2.45) is 0 Å². The molecular formula is C22H26O4. The maximum Gasteiger partial charge on any atom is 0.339 e. The lowest BCUT2D eigenvalue weighted by molar-refractivity contribution is -0.136. The second-order valence-electron chi connectivity index (χ2n) is 5.82. The van der Waals surface area contributed by atoms with Crippen molar-refractivity contribution >= 4 is 17.1 Å². The van der Waals surface area contributed by atoms with Crippen LogP contribution in [-0.2, 0) is 14.3 Å². The first-order chi connectivity index (χ1) is 12.6. The molecule has 0 N–H and O–H groups in total. The van der Waals surface area contributed by atoms with E-state index in [1.165, 1.54) is 0 Å². The summed E-state index contributed by atoms with van der Waals surface area (Å²) in [4.78, 5) is 12.8. The molecule has 0 heterocycles. The van der Waals surface area contributed by atoms with E-state index in [9.17, 15) is 4.79 Å². The van der Waals surface area contributed by atoms with E-state index in [-0.39, 0.29) is 12.8 Å². The fourth-order valence-corrected chi connectivity index (χ4v) is 2.90. The Bertz CT molecular complexity index is 763. The smallest absolute Gasteiger partial charge is 0.339 e. The van der Waals surface area contributed by atoms with Gasteiger partial charge in [0.25, 0.3) is 0 Å². The van der Waals surface area contributed by atoms with Crippen molar-refractivity contribution in [1.82, 2.24) is 0 Å². The van der Waals surface area contributed by atoms with E-state index in [2.05, 4.69) is 0 Å². The Balaban J connectivity index is 2.58. The second kappa shape index (κ2) is 9.78. The third-order valence-electron chi connectivity index (χ3n) is 4.07. The van der Waals surface area contributed by atoms with Crippen LogP contribution in [0.1, 0.15) is 37.0 Å². The maximum atomic E-state index is 12.8. The van der Waals surface area contributed by atoms with Crippen LogP contribution in [0.3, 0.4) is 0 Å². The Kier molecular flexibility index (Phi) is 7.42. The highest BCUT2D eigenvalue weighted by Gasteiger charge is 2.21. The largest absolute Gasteiger partial charge is 0.468 e.